The Morgan fingerprint density at radius 2 is 2.03 bits per heavy atom. The molecule has 31 heavy (non-hydrogen) atoms. The lowest BCUT2D eigenvalue weighted by Gasteiger charge is -2.29. The summed E-state index contributed by atoms with van der Waals surface area (Å²) in [5.74, 6) is -0.535. The highest BCUT2D eigenvalue weighted by molar-refractivity contribution is 6.31. The summed E-state index contributed by atoms with van der Waals surface area (Å²) in [7, 11) is 3.03. The lowest BCUT2D eigenvalue weighted by molar-refractivity contribution is -0.130. The zero-order valence-corrected chi connectivity index (χ0v) is 18.1. The van der Waals surface area contributed by atoms with Gasteiger partial charge >= 0.3 is 0 Å². The van der Waals surface area contributed by atoms with E-state index in [4.69, 9.17) is 21.1 Å². The van der Waals surface area contributed by atoms with Gasteiger partial charge in [0.25, 0.3) is 0 Å². The monoisotopic (exact) mass is 445 g/mol. The van der Waals surface area contributed by atoms with Gasteiger partial charge in [0.1, 0.15) is 17.0 Å². The van der Waals surface area contributed by atoms with Gasteiger partial charge in [0.05, 0.1) is 31.9 Å². The minimum absolute atomic E-state index is 0.259. The number of aliphatic hydroxyl groups excluding tert-OH is 1. The van der Waals surface area contributed by atoms with Crippen LogP contribution >= 0.6 is 11.6 Å². The Bertz CT molecular complexity index is 1040. The van der Waals surface area contributed by atoms with E-state index in [-0.39, 0.29) is 18.2 Å². The smallest absolute Gasteiger partial charge is 0.250 e. The standard InChI is InChI=1S/C22H24ClN3O5/c1-11(27)17-10-15(20(28)24-18-9-13(30-2)5-7-19(18)31-3)22(26-17)14-8-12(23)4-6-16(14)25-21(22)29/h4-9,11,15,17,26-27H,10H2,1-3H3,(H,24,28)(H,25,29)/t11-,15+,17-,22+/m1/s1. The van der Waals surface area contributed by atoms with Crippen LogP contribution < -0.4 is 25.4 Å². The molecule has 4 atom stereocenters. The van der Waals surface area contributed by atoms with Crippen LogP contribution in [0, 0.1) is 5.92 Å². The van der Waals surface area contributed by atoms with Crippen LogP contribution in [0.4, 0.5) is 11.4 Å². The molecule has 2 aromatic carbocycles. The third kappa shape index (κ3) is 3.50. The zero-order valence-electron chi connectivity index (χ0n) is 17.4. The lowest BCUT2D eigenvalue weighted by atomic mass is 9.79. The molecule has 164 valence electrons. The Labute approximate surface area is 184 Å². The number of amides is 2. The molecule has 2 heterocycles. The maximum atomic E-state index is 13.5. The fourth-order valence-electron chi connectivity index (χ4n) is 4.42. The number of anilines is 2. The van der Waals surface area contributed by atoms with Gasteiger partial charge in [-0.1, -0.05) is 11.6 Å². The molecule has 0 aromatic heterocycles. The molecule has 1 fully saturated rings. The molecular weight excluding hydrogens is 422 g/mol. The first-order valence-electron chi connectivity index (χ1n) is 9.90. The number of rotatable bonds is 5. The molecule has 0 saturated carbocycles. The minimum atomic E-state index is -1.35. The summed E-state index contributed by atoms with van der Waals surface area (Å²) in [5.41, 5.74) is 0.251. The summed E-state index contributed by atoms with van der Waals surface area (Å²) >= 11 is 6.21. The SMILES string of the molecule is COc1ccc(OC)c(NC(=O)[C@@H]2C[C@H]([C@@H](C)O)N[C@]23C(=O)Nc2ccc(Cl)cc23)c1. The summed E-state index contributed by atoms with van der Waals surface area (Å²) in [6.45, 7) is 1.63. The number of benzene rings is 2. The first kappa shape index (κ1) is 21.4. The maximum absolute atomic E-state index is 13.5. The Balaban J connectivity index is 1.75. The average molecular weight is 446 g/mol. The van der Waals surface area contributed by atoms with Crippen molar-refractivity contribution in [1.82, 2.24) is 5.32 Å². The summed E-state index contributed by atoms with van der Waals surface area (Å²) < 4.78 is 10.6. The largest absolute Gasteiger partial charge is 0.497 e. The molecule has 1 spiro atoms. The van der Waals surface area contributed by atoms with Crippen LogP contribution in [0.15, 0.2) is 36.4 Å². The van der Waals surface area contributed by atoms with Gasteiger partial charge in [-0.3, -0.25) is 14.9 Å². The van der Waals surface area contributed by atoms with E-state index in [0.717, 1.165) is 0 Å². The molecule has 2 aromatic rings. The van der Waals surface area contributed by atoms with Crippen molar-refractivity contribution < 1.29 is 24.2 Å². The number of carbonyl (C=O) groups excluding carboxylic acids is 2. The molecular formula is C22H24ClN3O5. The maximum Gasteiger partial charge on any atom is 0.250 e. The highest BCUT2D eigenvalue weighted by Crippen LogP contribution is 2.48. The highest BCUT2D eigenvalue weighted by atomic mass is 35.5. The minimum Gasteiger partial charge on any atom is -0.497 e. The third-order valence-electron chi connectivity index (χ3n) is 6.00. The van der Waals surface area contributed by atoms with Crippen molar-refractivity contribution in [1.29, 1.82) is 0 Å². The van der Waals surface area contributed by atoms with Gasteiger partial charge in [-0.15, -0.1) is 0 Å². The predicted molar refractivity (Wildman–Crippen MR) is 117 cm³/mol. The van der Waals surface area contributed by atoms with Crippen molar-refractivity contribution in [2.75, 3.05) is 24.9 Å². The van der Waals surface area contributed by atoms with E-state index < -0.39 is 23.6 Å². The molecule has 2 aliphatic rings. The molecule has 4 rings (SSSR count). The number of hydrogen-bond acceptors (Lipinski definition) is 6. The number of methoxy groups -OCH3 is 2. The highest BCUT2D eigenvalue weighted by Gasteiger charge is 2.60. The van der Waals surface area contributed by atoms with Crippen molar-refractivity contribution in [3.05, 3.63) is 47.0 Å². The van der Waals surface area contributed by atoms with Crippen LogP contribution in [0.5, 0.6) is 11.5 Å². The van der Waals surface area contributed by atoms with E-state index in [0.29, 0.717) is 33.5 Å². The number of halogens is 1. The van der Waals surface area contributed by atoms with Crippen molar-refractivity contribution in [3.63, 3.8) is 0 Å². The van der Waals surface area contributed by atoms with Gasteiger partial charge < -0.3 is 25.2 Å². The summed E-state index contributed by atoms with van der Waals surface area (Å²) in [4.78, 5) is 26.7. The molecule has 9 heteroatoms. The van der Waals surface area contributed by atoms with Crippen molar-refractivity contribution in [2.24, 2.45) is 5.92 Å². The number of hydrogen-bond donors (Lipinski definition) is 4. The summed E-state index contributed by atoms with van der Waals surface area (Å²) in [6.07, 6.45) is -0.508. The van der Waals surface area contributed by atoms with E-state index in [9.17, 15) is 14.7 Å². The fraction of sp³-hybridized carbons (Fsp3) is 0.364. The first-order chi connectivity index (χ1) is 14.8. The van der Waals surface area contributed by atoms with E-state index in [1.54, 1.807) is 43.3 Å². The molecule has 2 aliphatic heterocycles. The molecule has 0 aliphatic carbocycles. The molecule has 4 N–H and O–H groups in total. The quantitative estimate of drug-likeness (QED) is 0.563. The van der Waals surface area contributed by atoms with Gasteiger partial charge in [0, 0.05) is 28.4 Å². The van der Waals surface area contributed by atoms with E-state index >= 15 is 0 Å². The normalized spacial score (nSPS) is 25.1. The van der Waals surface area contributed by atoms with Crippen molar-refractivity contribution in [2.45, 2.75) is 31.0 Å². The van der Waals surface area contributed by atoms with Crippen LogP contribution in [0.25, 0.3) is 0 Å². The first-order valence-corrected chi connectivity index (χ1v) is 10.3. The molecule has 0 radical (unpaired) electrons. The summed E-state index contributed by atoms with van der Waals surface area (Å²) in [5, 5.41) is 19.6. The predicted octanol–water partition coefficient (Wildman–Crippen LogP) is 2.50. The van der Waals surface area contributed by atoms with Crippen LogP contribution in [0.2, 0.25) is 5.02 Å². The topological polar surface area (TPSA) is 109 Å². The third-order valence-corrected chi connectivity index (χ3v) is 6.24. The Morgan fingerprint density at radius 1 is 1.26 bits per heavy atom. The summed E-state index contributed by atoms with van der Waals surface area (Å²) in [6, 6.07) is 9.67. The number of fused-ring (bicyclic) bond motifs is 2. The fourth-order valence-corrected chi connectivity index (χ4v) is 4.59. The van der Waals surface area contributed by atoms with Gasteiger partial charge in [0.2, 0.25) is 11.8 Å². The van der Waals surface area contributed by atoms with Crippen LogP contribution in [-0.2, 0) is 15.1 Å². The second kappa shape index (κ2) is 8.03. The van der Waals surface area contributed by atoms with Gasteiger partial charge in [-0.05, 0) is 43.7 Å². The second-order valence-electron chi connectivity index (χ2n) is 7.79. The van der Waals surface area contributed by atoms with Crippen molar-refractivity contribution in [3.8, 4) is 11.5 Å². The van der Waals surface area contributed by atoms with E-state index in [1.807, 2.05) is 0 Å². The van der Waals surface area contributed by atoms with E-state index in [2.05, 4.69) is 16.0 Å². The van der Waals surface area contributed by atoms with Crippen LogP contribution in [0.3, 0.4) is 0 Å². The molecule has 0 bridgehead atoms. The second-order valence-corrected chi connectivity index (χ2v) is 8.22. The van der Waals surface area contributed by atoms with Gasteiger partial charge in [-0.25, -0.2) is 0 Å². The number of nitrogens with one attached hydrogen (secondary N) is 3. The Kier molecular flexibility index (Phi) is 5.55. The lowest BCUT2D eigenvalue weighted by Crippen LogP contribution is -2.53. The van der Waals surface area contributed by atoms with E-state index in [1.165, 1.54) is 14.2 Å². The number of ether oxygens (including phenoxy) is 2. The average Bonchev–Trinajstić information content (AvgIpc) is 3.28. The Morgan fingerprint density at radius 3 is 2.71 bits per heavy atom. The Hall–Kier alpha value is -2.81. The molecule has 0 unspecified atom stereocenters. The molecule has 2 amide bonds. The number of carbonyl (C=O) groups is 2. The molecule has 1 saturated heterocycles. The molecule has 8 nitrogen and oxygen atoms in total. The van der Waals surface area contributed by atoms with Gasteiger partial charge in [0.15, 0.2) is 0 Å². The zero-order chi connectivity index (χ0) is 22.3. The van der Waals surface area contributed by atoms with Crippen molar-refractivity contribution >= 4 is 34.8 Å². The van der Waals surface area contributed by atoms with Gasteiger partial charge in [-0.2, -0.15) is 0 Å². The number of aliphatic hydroxyl groups is 1. The van der Waals surface area contributed by atoms with Crippen LogP contribution in [0.1, 0.15) is 18.9 Å². The van der Waals surface area contributed by atoms with Crippen LogP contribution in [-0.4, -0.2) is 43.3 Å².